The molecule has 0 fully saturated rings. The summed E-state index contributed by atoms with van der Waals surface area (Å²) in [5, 5.41) is 7.11. The second-order valence-corrected chi connectivity index (χ2v) is 4.61. The topological polar surface area (TPSA) is 85.2 Å². The van der Waals surface area contributed by atoms with Crippen molar-refractivity contribution in [1.82, 2.24) is 15.2 Å². The molecular weight excluding hydrogens is 244 g/mol. The second-order valence-electron chi connectivity index (χ2n) is 4.61. The second kappa shape index (κ2) is 4.72. The fourth-order valence-electron chi connectivity index (χ4n) is 2.30. The molecule has 1 aromatic heterocycles. The maximum atomic E-state index is 12.2. The molecule has 2 heterocycles. The lowest BCUT2D eigenvalue weighted by Gasteiger charge is -2.28. The van der Waals surface area contributed by atoms with Gasteiger partial charge in [-0.25, -0.2) is 4.63 Å². The smallest absolute Gasteiger partial charge is 0.229 e. The number of fused-ring (bicyclic) bond motifs is 1. The van der Waals surface area contributed by atoms with Crippen LogP contribution in [-0.4, -0.2) is 27.7 Å². The van der Waals surface area contributed by atoms with Gasteiger partial charge in [-0.3, -0.25) is 4.79 Å². The third-order valence-corrected chi connectivity index (χ3v) is 3.39. The van der Waals surface area contributed by atoms with Gasteiger partial charge in [0.25, 0.3) is 0 Å². The van der Waals surface area contributed by atoms with E-state index >= 15 is 0 Å². The number of hydrogen-bond acceptors (Lipinski definition) is 5. The van der Waals surface area contributed by atoms with E-state index in [4.69, 9.17) is 5.73 Å². The van der Waals surface area contributed by atoms with Gasteiger partial charge in [0.05, 0.1) is 6.42 Å². The maximum absolute atomic E-state index is 12.2. The normalized spacial score (nSPS) is 14.2. The summed E-state index contributed by atoms with van der Waals surface area (Å²) < 4.78 is 4.49. The molecule has 19 heavy (non-hydrogen) atoms. The maximum Gasteiger partial charge on any atom is 0.229 e. The Kier molecular flexibility index (Phi) is 2.91. The summed E-state index contributed by atoms with van der Waals surface area (Å²) in [5.41, 5.74) is 8.48. The lowest BCUT2D eigenvalue weighted by molar-refractivity contribution is -0.131. The number of benzene rings is 1. The van der Waals surface area contributed by atoms with Gasteiger partial charge < -0.3 is 10.6 Å². The number of nitrogens with two attached hydrogens (primary N) is 1. The van der Waals surface area contributed by atoms with Gasteiger partial charge in [-0.15, -0.1) is 0 Å². The molecule has 98 valence electrons. The van der Waals surface area contributed by atoms with Crippen LogP contribution >= 0.6 is 0 Å². The SMILES string of the molecule is Nc1nonc1CC(=O)N1CCc2ccccc2C1. The number of aromatic nitrogens is 2. The molecule has 2 N–H and O–H groups in total. The summed E-state index contributed by atoms with van der Waals surface area (Å²) >= 11 is 0. The van der Waals surface area contributed by atoms with Crippen molar-refractivity contribution in [1.29, 1.82) is 0 Å². The van der Waals surface area contributed by atoms with Crippen molar-refractivity contribution in [3.05, 3.63) is 41.1 Å². The van der Waals surface area contributed by atoms with Crippen molar-refractivity contribution in [2.45, 2.75) is 19.4 Å². The Bertz CT molecular complexity index is 608. The summed E-state index contributed by atoms with van der Waals surface area (Å²) in [6.07, 6.45) is 1.02. The molecule has 0 bridgehead atoms. The first-order valence-electron chi connectivity index (χ1n) is 6.15. The summed E-state index contributed by atoms with van der Waals surface area (Å²) in [5.74, 6) is 0.183. The minimum atomic E-state index is -0.00287. The van der Waals surface area contributed by atoms with E-state index in [0.29, 0.717) is 12.2 Å². The Morgan fingerprint density at radius 3 is 2.84 bits per heavy atom. The van der Waals surface area contributed by atoms with E-state index in [2.05, 4.69) is 27.1 Å². The number of hydrogen-bond donors (Lipinski definition) is 1. The van der Waals surface area contributed by atoms with E-state index in [1.165, 1.54) is 11.1 Å². The van der Waals surface area contributed by atoms with Gasteiger partial charge in [0.1, 0.15) is 5.69 Å². The summed E-state index contributed by atoms with van der Waals surface area (Å²) in [4.78, 5) is 14.0. The summed E-state index contributed by atoms with van der Waals surface area (Å²) in [6, 6.07) is 8.18. The van der Waals surface area contributed by atoms with Crippen molar-refractivity contribution in [2.75, 3.05) is 12.3 Å². The number of carbonyl (C=O) groups is 1. The van der Waals surface area contributed by atoms with Crippen molar-refractivity contribution in [2.24, 2.45) is 0 Å². The lowest BCUT2D eigenvalue weighted by atomic mass is 9.99. The van der Waals surface area contributed by atoms with Crippen molar-refractivity contribution in [3.8, 4) is 0 Å². The Balaban J connectivity index is 1.71. The lowest BCUT2D eigenvalue weighted by Crippen LogP contribution is -2.37. The zero-order valence-electron chi connectivity index (χ0n) is 10.4. The molecule has 0 saturated carbocycles. The molecule has 6 nitrogen and oxygen atoms in total. The molecule has 6 heteroatoms. The van der Waals surface area contributed by atoms with Crippen LogP contribution in [0.1, 0.15) is 16.8 Å². The third-order valence-electron chi connectivity index (χ3n) is 3.39. The monoisotopic (exact) mass is 258 g/mol. The van der Waals surface area contributed by atoms with Crippen LogP contribution in [0.4, 0.5) is 5.82 Å². The largest absolute Gasteiger partial charge is 0.379 e. The standard InChI is InChI=1S/C13H14N4O2/c14-13-11(15-19-16-13)7-12(18)17-6-5-9-3-1-2-4-10(9)8-17/h1-4H,5-8H2,(H2,14,16). The van der Waals surface area contributed by atoms with Crippen molar-refractivity contribution in [3.63, 3.8) is 0 Å². The molecule has 2 aromatic rings. The number of amides is 1. The molecule has 1 aliphatic heterocycles. The van der Waals surface area contributed by atoms with Gasteiger partial charge >= 0.3 is 0 Å². The molecule has 0 aliphatic carbocycles. The van der Waals surface area contributed by atoms with Crippen LogP contribution in [0, 0.1) is 0 Å². The Morgan fingerprint density at radius 2 is 2.11 bits per heavy atom. The van der Waals surface area contributed by atoms with Crippen LogP contribution in [0.25, 0.3) is 0 Å². The van der Waals surface area contributed by atoms with Crippen molar-refractivity contribution >= 4 is 11.7 Å². The quantitative estimate of drug-likeness (QED) is 0.860. The highest BCUT2D eigenvalue weighted by atomic mass is 16.6. The number of rotatable bonds is 2. The average Bonchev–Trinajstić information content (AvgIpc) is 2.84. The Labute approximate surface area is 110 Å². The molecule has 0 spiro atoms. The zero-order chi connectivity index (χ0) is 13.2. The zero-order valence-corrected chi connectivity index (χ0v) is 10.4. The molecule has 0 atom stereocenters. The number of nitrogen functional groups attached to an aromatic ring is 1. The molecule has 1 aliphatic rings. The van der Waals surface area contributed by atoms with E-state index in [0.717, 1.165) is 13.0 Å². The molecule has 0 saturated heterocycles. The minimum Gasteiger partial charge on any atom is -0.379 e. The van der Waals surface area contributed by atoms with E-state index in [-0.39, 0.29) is 18.1 Å². The highest BCUT2D eigenvalue weighted by Gasteiger charge is 2.22. The molecular formula is C13H14N4O2. The highest BCUT2D eigenvalue weighted by Crippen LogP contribution is 2.19. The predicted molar refractivity (Wildman–Crippen MR) is 68.0 cm³/mol. The molecule has 0 unspecified atom stereocenters. The fraction of sp³-hybridized carbons (Fsp3) is 0.308. The van der Waals surface area contributed by atoms with Crippen LogP contribution in [0.15, 0.2) is 28.9 Å². The third kappa shape index (κ3) is 2.29. The fourth-order valence-corrected chi connectivity index (χ4v) is 2.30. The van der Waals surface area contributed by atoms with E-state index < -0.39 is 0 Å². The first-order chi connectivity index (χ1) is 9.24. The van der Waals surface area contributed by atoms with Crippen LogP contribution < -0.4 is 5.73 Å². The van der Waals surface area contributed by atoms with Crippen LogP contribution in [-0.2, 0) is 24.2 Å². The van der Waals surface area contributed by atoms with Gasteiger partial charge in [-0.1, -0.05) is 29.4 Å². The van der Waals surface area contributed by atoms with E-state index in [1.54, 1.807) is 0 Å². The van der Waals surface area contributed by atoms with Gasteiger partial charge in [0.15, 0.2) is 5.82 Å². The van der Waals surface area contributed by atoms with E-state index in [1.807, 2.05) is 17.0 Å². The summed E-state index contributed by atoms with van der Waals surface area (Å²) in [7, 11) is 0. The molecule has 0 radical (unpaired) electrons. The first-order valence-corrected chi connectivity index (χ1v) is 6.15. The summed E-state index contributed by atoms with van der Waals surface area (Å²) in [6.45, 7) is 1.36. The first kappa shape index (κ1) is 11.7. The van der Waals surface area contributed by atoms with Gasteiger partial charge in [-0.2, -0.15) is 0 Å². The number of carbonyl (C=O) groups excluding carboxylic acids is 1. The van der Waals surface area contributed by atoms with Crippen LogP contribution in [0.5, 0.6) is 0 Å². The number of nitrogens with zero attached hydrogens (tertiary/aromatic N) is 3. The van der Waals surface area contributed by atoms with Crippen LogP contribution in [0.2, 0.25) is 0 Å². The van der Waals surface area contributed by atoms with Gasteiger partial charge in [0.2, 0.25) is 5.91 Å². The average molecular weight is 258 g/mol. The molecule has 1 aromatic carbocycles. The Morgan fingerprint density at radius 1 is 1.32 bits per heavy atom. The van der Waals surface area contributed by atoms with E-state index in [9.17, 15) is 4.79 Å². The van der Waals surface area contributed by atoms with Crippen molar-refractivity contribution < 1.29 is 9.42 Å². The highest BCUT2D eigenvalue weighted by molar-refractivity contribution is 5.79. The Hall–Kier alpha value is -2.37. The minimum absolute atomic E-state index is 0.00287. The van der Waals surface area contributed by atoms with Gasteiger partial charge in [-0.05, 0) is 22.7 Å². The van der Waals surface area contributed by atoms with Crippen LogP contribution in [0.3, 0.4) is 0 Å². The molecule has 1 amide bonds. The molecule has 3 rings (SSSR count). The predicted octanol–water partition coefficient (Wildman–Crippen LogP) is 0.779. The van der Waals surface area contributed by atoms with Gasteiger partial charge in [0, 0.05) is 13.1 Å². The number of anilines is 1.